The van der Waals surface area contributed by atoms with E-state index in [1.165, 1.54) is 77.7 Å². The van der Waals surface area contributed by atoms with Crippen LogP contribution in [-0.2, 0) is 27.1 Å². The molecule has 3 aliphatic rings. The third kappa shape index (κ3) is 7.70. The highest BCUT2D eigenvalue weighted by Crippen LogP contribution is 2.56. The van der Waals surface area contributed by atoms with Crippen molar-refractivity contribution in [3.05, 3.63) is 210 Å². The van der Waals surface area contributed by atoms with Crippen molar-refractivity contribution in [3.8, 4) is 73.2 Å². The van der Waals surface area contributed by atoms with Gasteiger partial charge in [-0.15, -0.1) is 0 Å². The van der Waals surface area contributed by atoms with E-state index in [2.05, 4.69) is 266 Å². The fourth-order valence-corrected chi connectivity index (χ4v) is 13.9. The number of para-hydroxylation sites is 2. The molecule has 0 unspecified atom stereocenters. The van der Waals surface area contributed by atoms with Crippen LogP contribution in [0.5, 0.6) is 11.5 Å². The molecule has 4 heterocycles. The Labute approximate surface area is 466 Å². The summed E-state index contributed by atoms with van der Waals surface area (Å²) in [6.07, 6.45) is 10.6. The molecule has 0 N–H and O–H groups in total. The highest BCUT2D eigenvalue weighted by molar-refractivity contribution is 6.10. The average Bonchev–Trinajstić information content (AvgIpc) is 3.45. The fraction of sp³-hybridized carbons (Fsp3) is 0.270. The number of aromatic nitrogens is 4. The summed E-state index contributed by atoms with van der Waals surface area (Å²) < 4.78 is 14.1. The summed E-state index contributed by atoms with van der Waals surface area (Å²) in [6.45, 7) is 26.5. The van der Waals surface area contributed by atoms with Gasteiger partial charge in [0.2, 0.25) is 0 Å². The summed E-state index contributed by atoms with van der Waals surface area (Å²) in [4.78, 5) is 4.96. The zero-order valence-electron chi connectivity index (χ0n) is 47.8. The number of fused-ring (bicyclic) bond motifs is 13. The lowest BCUT2D eigenvalue weighted by molar-refractivity contribution is -0.570. The van der Waals surface area contributed by atoms with Gasteiger partial charge >= 0.3 is 0 Å². The monoisotopic (exact) mass is 1030 g/mol. The number of nitrogens with zero attached hydrogens (tertiary/aromatic N) is 4. The SMILES string of the molecule is CC(C)(C)c1ccnc(-n2c3ccccc3c3ccc(Oc4cccc(-n5[c-][n+]6c7c(c8c(cc75)C(C)(C)CCC8(C)C)-c5ccccc5-c5cc7c(cc5-c5cccc(-c8ccccc8)c5-6)C(C)(C)CCC7(C)C)c4)cc32)c1. The van der Waals surface area contributed by atoms with Crippen LogP contribution < -0.4 is 9.30 Å². The molecule has 0 saturated carbocycles. The molecule has 392 valence electrons. The second-order valence-corrected chi connectivity index (χ2v) is 26.7. The zero-order valence-corrected chi connectivity index (χ0v) is 47.8. The Kier molecular flexibility index (Phi) is 10.8. The van der Waals surface area contributed by atoms with E-state index in [0.29, 0.717) is 0 Å². The van der Waals surface area contributed by atoms with Crippen LogP contribution in [0, 0.1) is 6.33 Å². The quantitative estimate of drug-likeness (QED) is 0.127. The molecule has 3 aromatic heterocycles. The molecular formula is C74H70N4O. The van der Waals surface area contributed by atoms with Crippen LogP contribution in [0.15, 0.2) is 176 Å². The van der Waals surface area contributed by atoms with Crippen LogP contribution >= 0.6 is 0 Å². The van der Waals surface area contributed by atoms with Gasteiger partial charge in [-0.05, 0) is 186 Å². The van der Waals surface area contributed by atoms with Crippen molar-refractivity contribution < 1.29 is 9.30 Å². The molecule has 79 heavy (non-hydrogen) atoms. The molecule has 0 amide bonds. The van der Waals surface area contributed by atoms with Gasteiger partial charge in [-0.3, -0.25) is 13.7 Å². The molecule has 0 fully saturated rings. The molecule has 0 atom stereocenters. The van der Waals surface area contributed by atoms with Gasteiger partial charge in [-0.2, -0.15) is 0 Å². The zero-order chi connectivity index (χ0) is 54.5. The van der Waals surface area contributed by atoms with Crippen LogP contribution in [0.4, 0.5) is 0 Å². The standard InChI is InChI=1S/C74H70N4O/c1-70(2,3)47-33-38-75-65(39-47)78-62-30-18-17-26-53(62)54-32-31-50(41-63(54)78)79-49-24-19-23-48(40-49)76-45-77-68-51(46-21-13-12-14-22-46)28-20-29-56(68)58-43-60-59(71(4,5)34-35-72(60,6)7)42-57(58)52-25-15-16-27-55(52)66-67-61(44-64(76)69(66)77)73(8,9)36-37-74(67,10)11/h12-33,38-44H,34-37H2,1-11H3. The Bertz CT molecular complexity index is 4320. The maximum absolute atomic E-state index is 7.03. The van der Waals surface area contributed by atoms with Crippen LogP contribution in [0.25, 0.3) is 94.5 Å². The molecule has 0 saturated heterocycles. The van der Waals surface area contributed by atoms with Gasteiger partial charge in [0.1, 0.15) is 17.3 Å². The Morgan fingerprint density at radius 1 is 0.494 bits per heavy atom. The normalized spacial score (nSPS) is 16.5. The largest absolute Gasteiger partial charge is 0.458 e. The summed E-state index contributed by atoms with van der Waals surface area (Å²) in [5.41, 5.74) is 23.3. The van der Waals surface area contributed by atoms with Crippen LogP contribution in [0.1, 0.15) is 130 Å². The first-order valence-corrected chi connectivity index (χ1v) is 28.6. The number of rotatable bonds is 5. The number of pyridine rings is 1. The number of benzene rings is 8. The van der Waals surface area contributed by atoms with Gasteiger partial charge in [0.15, 0.2) is 0 Å². The minimum Gasteiger partial charge on any atom is -0.458 e. The van der Waals surface area contributed by atoms with E-state index in [1.54, 1.807) is 0 Å². The van der Waals surface area contributed by atoms with Gasteiger partial charge in [-0.25, -0.2) is 4.98 Å². The predicted molar refractivity (Wildman–Crippen MR) is 327 cm³/mol. The van der Waals surface area contributed by atoms with Crippen molar-refractivity contribution in [1.82, 2.24) is 14.1 Å². The first kappa shape index (κ1) is 49.3. The molecule has 11 aromatic rings. The molecule has 5 heteroatoms. The third-order valence-corrected chi connectivity index (χ3v) is 18.6. The Morgan fingerprint density at radius 3 is 1.85 bits per heavy atom. The fourth-order valence-electron chi connectivity index (χ4n) is 13.9. The van der Waals surface area contributed by atoms with Crippen molar-refractivity contribution in [2.45, 2.75) is 129 Å². The van der Waals surface area contributed by atoms with Crippen LogP contribution in [0.3, 0.4) is 0 Å². The predicted octanol–water partition coefficient (Wildman–Crippen LogP) is 19.0. The number of imidazole rings is 1. The summed E-state index contributed by atoms with van der Waals surface area (Å²) in [5, 5.41) is 2.34. The lowest BCUT2D eigenvalue weighted by Crippen LogP contribution is -2.36. The van der Waals surface area contributed by atoms with Crippen LogP contribution in [0.2, 0.25) is 0 Å². The first-order valence-electron chi connectivity index (χ1n) is 28.6. The van der Waals surface area contributed by atoms with Crippen LogP contribution in [-0.4, -0.2) is 14.1 Å². The molecule has 8 aromatic carbocycles. The van der Waals surface area contributed by atoms with Gasteiger partial charge in [0.05, 0.1) is 33.4 Å². The minimum absolute atomic E-state index is 0.00899. The van der Waals surface area contributed by atoms with Crippen molar-refractivity contribution in [1.29, 1.82) is 0 Å². The molecule has 14 rings (SSSR count). The molecule has 1 aliphatic heterocycles. The second kappa shape index (κ2) is 17.2. The smallest absolute Gasteiger partial charge is 0.269 e. The van der Waals surface area contributed by atoms with E-state index in [-0.39, 0.29) is 27.1 Å². The van der Waals surface area contributed by atoms with E-state index >= 15 is 0 Å². The topological polar surface area (TPSA) is 35.9 Å². The van der Waals surface area contributed by atoms with E-state index in [1.807, 2.05) is 6.20 Å². The number of hydrogen-bond acceptors (Lipinski definition) is 2. The van der Waals surface area contributed by atoms with E-state index in [9.17, 15) is 0 Å². The van der Waals surface area contributed by atoms with E-state index < -0.39 is 0 Å². The maximum Gasteiger partial charge on any atom is 0.269 e. The minimum atomic E-state index is -0.117. The Balaban J connectivity index is 1.04. The van der Waals surface area contributed by atoms with Crippen molar-refractivity contribution in [2.75, 3.05) is 0 Å². The molecule has 2 aliphatic carbocycles. The molecule has 5 nitrogen and oxygen atoms in total. The third-order valence-electron chi connectivity index (χ3n) is 18.6. The van der Waals surface area contributed by atoms with Gasteiger partial charge in [-0.1, -0.05) is 179 Å². The van der Waals surface area contributed by atoms with E-state index in [0.717, 1.165) is 81.8 Å². The Hall–Kier alpha value is -8.02. The van der Waals surface area contributed by atoms with Crippen molar-refractivity contribution in [3.63, 3.8) is 0 Å². The van der Waals surface area contributed by atoms with E-state index in [4.69, 9.17) is 9.72 Å². The first-order chi connectivity index (χ1) is 37.8. The molecular weight excluding hydrogens is 961 g/mol. The van der Waals surface area contributed by atoms with Crippen molar-refractivity contribution in [2.24, 2.45) is 0 Å². The number of hydrogen-bond donors (Lipinski definition) is 0. The van der Waals surface area contributed by atoms with Gasteiger partial charge in [0, 0.05) is 23.0 Å². The maximum atomic E-state index is 7.03. The summed E-state index contributed by atoms with van der Waals surface area (Å²) in [7, 11) is 0. The summed E-state index contributed by atoms with van der Waals surface area (Å²) in [6, 6.07) is 63.1. The highest BCUT2D eigenvalue weighted by Gasteiger charge is 2.43. The Morgan fingerprint density at radius 2 is 1.10 bits per heavy atom. The van der Waals surface area contributed by atoms with Crippen molar-refractivity contribution >= 4 is 32.8 Å². The lowest BCUT2D eigenvalue weighted by atomic mass is 9.61. The lowest BCUT2D eigenvalue weighted by Gasteiger charge is -2.44. The molecule has 0 radical (unpaired) electrons. The van der Waals surface area contributed by atoms with Gasteiger partial charge < -0.3 is 4.74 Å². The summed E-state index contributed by atoms with van der Waals surface area (Å²) in [5.74, 6) is 2.39. The highest BCUT2D eigenvalue weighted by atomic mass is 16.5. The molecule has 0 bridgehead atoms. The average molecular weight is 1030 g/mol. The van der Waals surface area contributed by atoms with Gasteiger partial charge in [0.25, 0.3) is 6.33 Å². The molecule has 0 spiro atoms. The number of ether oxygens (including phenoxy) is 1. The summed E-state index contributed by atoms with van der Waals surface area (Å²) >= 11 is 0. The second-order valence-electron chi connectivity index (χ2n) is 26.7.